The van der Waals surface area contributed by atoms with Gasteiger partial charge in [0, 0.05) is 15.4 Å². The molecule has 0 atom stereocenters. The first-order valence-electron chi connectivity index (χ1n) is 9.13. The van der Waals surface area contributed by atoms with Crippen molar-refractivity contribution >= 4 is 40.8 Å². The van der Waals surface area contributed by atoms with E-state index in [1.807, 2.05) is 48.5 Å². The number of phenols is 1. The normalized spacial score (nSPS) is 12.3. The number of rotatable bonds is 4. The molecule has 1 amide bonds. The molecule has 1 aliphatic heterocycles. The number of phenolic OH excluding ortho intramolecular Hbond substituents is 1. The zero-order chi connectivity index (χ0) is 20.5. The van der Waals surface area contributed by atoms with Crippen LogP contribution >= 0.6 is 23.5 Å². The summed E-state index contributed by atoms with van der Waals surface area (Å²) in [5, 5.41) is 17.8. The summed E-state index contributed by atoms with van der Waals surface area (Å²) in [6.45, 7) is 0. The number of hydrogen-bond donors (Lipinski definition) is 1. The van der Waals surface area contributed by atoms with E-state index in [0.29, 0.717) is 16.7 Å². The van der Waals surface area contributed by atoms with Crippen LogP contribution in [0.1, 0.15) is 0 Å². The maximum atomic E-state index is 13.2. The van der Waals surface area contributed by atoms with Gasteiger partial charge in [-0.3, -0.25) is 9.69 Å². The third-order valence-corrected chi connectivity index (χ3v) is 6.45. The predicted molar refractivity (Wildman–Crippen MR) is 116 cm³/mol. The quantitative estimate of drug-likeness (QED) is 0.434. The minimum Gasteiger partial charge on any atom is -0.508 e. The Labute approximate surface area is 180 Å². The largest absolute Gasteiger partial charge is 0.508 e. The third kappa shape index (κ3) is 3.55. The Balaban J connectivity index is 1.36. The summed E-state index contributed by atoms with van der Waals surface area (Å²) in [6.07, 6.45) is 0. The second-order valence-electron chi connectivity index (χ2n) is 6.48. The van der Waals surface area contributed by atoms with Crippen LogP contribution in [0.2, 0.25) is 0 Å². The zero-order valence-electron chi connectivity index (χ0n) is 15.6. The number of thioether (sulfide) groups is 1. The molecule has 0 unspecified atom stereocenters. The number of hydrogen-bond acceptors (Lipinski definition) is 7. The molecule has 4 aromatic rings. The van der Waals surface area contributed by atoms with Crippen LogP contribution in [0.4, 0.5) is 11.4 Å². The first-order chi connectivity index (χ1) is 14.7. The summed E-state index contributed by atoms with van der Waals surface area (Å²) in [7, 11) is 0. The highest BCUT2D eigenvalue weighted by atomic mass is 32.2. The van der Waals surface area contributed by atoms with Gasteiger partial charge in [-0.25, -0.2) is 0 Å². The van der Waals surface area contributed by atoms with Crippen LogP contribution in [0, 0.1) is 0 Å². The van der Waals surface area contributed by atoms with E-state index in [9.17, 15) is 9.90 Å². The van der Waals surface area contributed by atoms with E-state index in [4.69, 9.17) is 4.42 Å². The van der Waals surface area contributed by atoms with Crippen molar-refractivity contribution in [1.29, 1.82) is 0 Å². The second-order valence-corrected chi connectivity index (χ2v) is 8.49. The SMILES string of the molecule is O=C(CSc1nnc(-c2ccc(O)cc2)o1)N1c2ccccc2Sc2ccccc21. The number of benzene rings is 3. The summed E-state index contributed by atoms with van der Waals surface area (Å²) < 4.78 is 5.67. The number of anilines is 2. The van der Waals surface area contributed by atoms with E-state index in [0.717, 1.165) is 21.2 Å². The van der Waals surface area contributed by atoms with Gasteiger partial charge in [0.1, 0.15) is 5.75 Å². The highest BCUT2D eigenvalue weighted by Gasteiger charge is 2.28. The predicted octanol–water partition coefficient (Wildman–Crippen LogP) is 5.36. The highest BCUT2D eigenvalue weighted by molar-refractivity contribution is 8.00. The number of fused-ring (bicyclic) bond motifs is 2. The molecule has 3 aromatic carbocycles. The van der Waals surface area contributed by atoms with Gasteiger partial charge in [0.2, 0.25) is 11.8 Å². The smallest absolute Gasteiger partial charge is 0.277 e. The minimum absolute atomic E-state index is 0.0652. The van der Waals surface area contributed by atoms with Crippen LogP contribution in [0.5, 0.6) is 5.75 Å². The molecule has 1 aromatic heterocycles. The lowest BCUT2D eigenvalue weighted by Crippen LogP contribution is -2.29. The van der Waals surface area contributed by atoms with Gasteiger partial charge in [-0.2, -0.15) is 0 Å². The number of carbonyl (C=O) groups is 1. The fourth-order valence-electron chi connectivity index (χ4n) is 3.15. The minimum atomic E-state index is -0.0652. The van der Waals surface area contributed by atoms with Crippen LogP contribution in [-0.2, 0) is 4.79 Å². The van der Waals surface area contributed by atoms with Gasteiger partial charge in [0.15, 0.2) is 0 Å². The molecule has 1 aliphatic rings. The Hall–Kier alpha value is -3.23. The fourth-order valence-corrected chi connectivity index (χ4v) is 4.82. The van der Waals surface area contributed by atoms with Gasteiger partial charge in [-0.15, -0.1) is 10.2 Å². The average Bonchev–Trinajstić information content (AvgIpc) is 3.25. The molecule has 6 nitrogen and oxygen atoms in total. The van der Waals surface area contributed by atoms with Gasteiger partial charge in [0.25, 0.3) is 5.22 Å². The van der Waals surface area contributed by atoms with E-state index in [-0.39, 0.29) is 17.4 Å². The van der Waals surface area contributed by atoms with E-state index in [1.165, 1.54) is 11.8 Å². The lowest BCUT2D eigenvalue weighted by atomic mass is 10.2. The average molecular weight is 434 g/mol. The first kappa shape index (κ1) is 18.8. The molecular weight excluding hydrogens is 418 g/mol. The Bertz CT molecular complexity index is 1180. The highest BCUT2D eigenvalue weighted by Crippen LogP contribution is 2.48. The Morgan fingerprint density at radius 3 is 2.23 bits per heavy atom. The van der Waals surface area contributed by atoms with Gasteiger partial charge in [-0.1, -0.05) is 47.8 Å². The van der Waals surface area contributed by atoms with Gasteiger partial charge in [0.05, 0.1) is 17.1 Å². The molecule has 0 aliphatic carbocycles. The first-order valence-corrected chi connectivity index (χ1v) is 10.9. The van der Waals surface area contributed by atoms with Crippen molar-refractivity contribution in [2.75, 3.05) is 10.7 Å². The van der Waals surface area contributed by atoms with Crippen LogP contribution in [-0.4, -0.2) is 27.0 Å². The van der Waals surface area contributed by atoms with Crippen molar-refractivity contribution in [3.63, 3.8) is 0 Å². The Kier molecular flexibility index (Phi) is 4.94. The zero-order valence-corrected chi connectivity index (χ0v) is 17.2. The monoisotopic (exact) mass is 433 g/mol. The van der Waals surface area contributed by atoms with Crippen LogP contribution in [0.15, 0.2) is 92.2 Å². The number of aromatic nitrogens is 2. The lowest BCUT2D eigenvalue weighted by molar-refractivity contribution is -0.115. The summed E-state index contributed by atoms with van der Waals surface area (Å²) in [6, 6.07) is 22.3. The molecule has 30 heavy (non-hydrogen) atoms. The number of nitrogens with zero attached hydrogens (tertiary/aromatic N) is 3. The molecule has 0 fully saturated rings. The summed E-state index contributed by atoms with van der Waals surface area (Å²) >= 11 is 2.86. The van der Waals surface area contributed by atoms with Crippen molar-refractivity contribution in [2.24, 2.45) is 0 Å². The van der Waals surface area contributed by atoms with Crippen LogP contribution in [0.3, 0.4) is 0 Å². The molecule has 5 rings (SSSR count). The van der Waals surface area contributed by atoms with Crippen LogP contribution in [0.25, 0.3) is 11.5 Å². The number of carbonyl (C=O) groups excluding carboxylic acids is 1. The van der Waals surface area contributed by atoms with E-state index in [1.54, 1.807) is 40.9 Å². The summed E-state index contributed by atoms with van der Waals surface area (Å²) in [5.41, 5.74) is 2.46. The van der Waals surface area contributed by atoms with Crippen molar-refractivity contribution < 1.29 is 14.3 Å². The molecule has 0 radical (unpaired) electrons. The molecule has 0 spiro atoms. The van der Waals surface area contributed by atoms with E-state index >= 15 is 0 Å². The van der Waals surface area contributed by atoms with Gasteiger partial charge < -0.3 is 9.52 Å². The van der Waals surface area contributed by atoms with E-state index in [2.05, 4.69) is 10.2 Å². The topological polar surface area (TPSA) is 79.5 Å². The third-order valence-electron chi connectivity index (χ3n) is 4.52. The van der Waals surface area contributed by atoms with Gasteiger partial charge in [-0.05, 0) is 48.5 Å². The molecule has 148 valence electrons. The number of aromatic hydroxyl groups is 1. The maximum absolute atomic E-state index is 13.2. The lowest BCUT2D eigenvalue weighted by Gasteiger charge is -2.30. The molecule has 0 saturated carbocycles. The maximum Gasteiger partial charge on any atom is 0.277 e. The van der Waals surface area contributed by atoms with Crippen molar-refractivity contribution in [3.8, 4) is 17.2 Å². The second kappa shape index (κ2) is 7.89. The molecule has 8 heteroatoms. The summed E-state index contributed by atoms with van der Waals surface area (Å²) in [5.74, 6) is 0.600. The number of amides is 1. The van der Waals surface area contributed by atoms with Crippen molar-refractivity contribution in [2.45, 2.75) is 15.0 Å². The number of para-hydroxylation sites is 2. The molecule has 1 N–H and O–H groups in total. The standard InChI is InChI=1S/C22H15N3O3S2/c26-15-11-9-14(10-12-15)21-23-24-22(28-21)29-13-20(27)25-16-5-1-3-7-18(16)30-19-8-4-2-6-17(19)25/h1-12,26H,13H2. The van der Waals surface area contributed by atoms with E-state index < -0.39 is 0 Å². The molecule has 0 saturated heterocycles. The summed E-state index contributed by atoms with van der Waals surface area (Å²) in [4.78, 5) is 17.0. The Morgan fingerprint density at radius 2 is 1.57 bits per heavy atom. The van der Waals surface area contributed by atoms with Crippen molar-refractivity contribution in [1.82, 2.24) is 10.2 Å². The molecule has 0 bridgehead atoms. The van der Waals surface area contributed by atoms with Crippen LogP contribution < -0.4 is 4.90 Å². The fraction of sp³-hybridized carbons (Fsp3) is 0.0455. The van der Waals surface area contributed by atoms with Crippen molar-refractivity contribution in [3.05, 3.63) is 72.8 Å². The van der Waals surface area contributed by atoms with Gasteiger partial charge >= 0.3 is 0 Å². The molecular formula is C22H15N3O3S2. The Morgan fingerprint density at radius 1 is 0.933 bits per heavy atom. The molecule has 2 heterocycles.